The summed E-state index contributed by atoms with van der Waals surface area (Å²) in [7, 11) is 0. The van der Waals surface area contributed by atoms with Gasteiger partial charge in [0.1, 0.15) is 0 Å². The zero-order valence-electron chi connectivity index (χ0n) is 14.6. The molecular weight excluding hydrogens is 272 g/mol. The second kappa shape index (κ2) is 6.11. The van der Waals surface area contributed by atoms with Crippen LogP contribution in [0, 0.1) is 0 Å². The van der Waals surface area contributed by atoms with Crippen molar-refractivity contribution < 1.29 is 0 Å². The molecule has 4 nitrogen and oxygen atoms in total. The molecule has 0 aliphatic carbocycles. The van der Waals surface area contributed by atoms with E-state index in [1.54, 1.807) is 0 Å². The van der Waals surface area contributed by atoms with E-state index < -0.39 is 0 Å². The number of nitrogens with zero attached hydrogens (tertiary/aromatic N) is 2. The first-order valence-electron chi connectivity index (χ1n) is 7.85. The molecular formula is C18H28N4. The van der Waals surface area contributed by atoms with Crippen LogP contribution in [0.25, 0.3) is 0 Å². The van der Waals surface area contributed by atoms with Crippen molar-refractivity contribution in [1.29, 1.82) is 0 Å². The molecule has 0 aromatic carbocycles. The highest BCUT2D eigenvalue weighted by Gasteiger charge is 2.15. The number of azo groups is 1. The van der Waals surface area contributed by atoms with Crippen LogP contribution >= 0.6 is 0 Å². The second-order valence-corrected chi connectivity index (χ2v) is 7.93. The summed E-state index contributed by atoms with van der Waals surface area (Å²) in [5.74, 6) is 0. The van der Waals surface area contributed by atoms with Crippen LogP contribution in [0.15, 0.2) is 34.8 Å². The number of aromatic nitrogens is 2. The van der Waals surface area contributed by atoms with Gasteiger partial charge in [-0.1, -0.05) is 41.5 Å². The Bertz CT molecular complexity index is 576. The second-order valence-electron chi connectivity index (χ2n) is 7.93. The van der Waals surface area contributed by atoms with E-state index in [-0.39, 0.29) is 10.8 Å². The van der Waals surface area contributed by atoms with Crippen molar-refractivity contribution in [3.05, 3.63) is 47.0 Å². The number of hydrogen-bond donors (Lipinski definition) is 2. The minimum absolute atomic E-state index is 0.166. The van der Waals surface area contributed by atoms with Crippen molar-refractivity contribution in [2.24, 2.45) is 10.2 Å². The summed E-state index contributed by atoms with van der Waals surface area (Å²) >= 11 is 0. The Hall–Kier alpha value is -1.84. The molecule has 0 atom stereocenters. The van der Waals surface area contributed by atoms with Gasteiger partial charge in [-0.15, -0.1) is 0 Å². The Kier molecular flexibility index (Phi) is 4.59. The molecule has 0 amide bonds. The average molecular weight is 300 g/mol. The Morgan fingerprint density at radius 1 is 0.727 bits per heavy atom. The number of nitrogens with one attached hydrogen (secondary N) is 2. The Balaban J connectivity index is 1.88. The molecule has 22 heavy (non-hydrogen) atoms. The maximum atomic E-state index is 4.28. The summed E-state index contributed by atoms with van der Waals surface area (Å²) < 4.78 is 0. The monoisotopic (exact) mass is 300 g/mol. The van der Waals surface area contributed by atoms with E-state index in [1.165, 1.54) is 11.1 Å². The van der Waals surface area contributed by atoms with Crippen molar-refractivity contribution in [2.75, 3.05) is 0 Å². The fourth-order valence-electron chi connectivity index (χ4n) is 2.18. The molecule has 2 heterocycles. The van der Waals surface area contributed by atoms with E-state index in [0.717, 1.165) is 11.4 Å². The molecule has 0 aliphatic rings. The molecule has 0 spiro atoms. The van der Waals surface area contributed by atoms with Gasteiger partial charge in [-0.05, 0) is 34.1 Å². The molecule has 0 unspecified atom stereocenters. The molecule has 0 radical (unpaired) electrons. The molecule has 0 saturated heterocycles. The van der Waals surface area contributed by atoms with Gasteiger partial charge in [0.25, 0.3) is 0 Å². The topological polar surface area (TPSA) is 56.3 Å². The largest absolute Gasteiger partial charge is 0.363 e. The van der Waals surface area contributed by atoms with Gasteiger partial charge >= 0.3 is 0 Å². The Labute approximate surface area is 133 Å². The van der Waals surface area contributed by atoms with Crippen LogP contribution < -0.4 is 0 Å². The highest BCUT2D eigenvalue weighted by molar-refractivity contribution is 5.24. The Morgan fingerprint density at radius 3 is 1.36 bits per heavy atom. The number of rotatable bonds is 4. The summed E-state index contributed by atoms with van der Waals surface area (Å²) in [6.07, 6.45) is 4.12. The molecule has 2 N–H and O–H groups in total. The lowest BCUT2D eigenvalue weighted by Crippen LogP contribution is -2.09. The maximum absolute atomic E-state index is 4.28. The lowest BCUT2D eigenvalue weighted by molar-refractivity contribution is 0.590. The van der Waals surface area contributed by atoms with Crippen molar-refractivity contribution in [3.8, 4) is 0 Å². The third kappa shape index (κ3) is 4.33. The number of aromatic amines is 2. The van der Waals surface area contributed by atoms with Crippen LogP contribution in [-0.2, 0) is 23.9 Å². The maximum Gasteiger partial charge on any atom is 0.0998 e. The molecule has 0 saturated carbocycles. The summed E-state index contributed by atoms with van der Waals surface area (Å²) in [5, 5.41) is 8.55. The van der Waals surface area contributed by atoms with Crippen molar-refractivity contribution in [2.45, 2.75) is 65.5 Å². The highest BCUT2D eigenvalue weighted by Crippen LogP contribution is 2.24. The van der Waals surface area contributed by atoms with Crippen molar-refractivity contribution in [1.82, 2.24) is 9.97 Å². The van der Waals surface area contributed by atoms with Crippen molar-refractivity contribution in [3.63, 3.8) is 0 Å². The van der Waals surface area contributed by atoms with Crippen molar-refractivity contribution >= 4 is 0 Å². The van der Waals surface area contributed by atoms with E-state index >= 15 is 0 Å². The third-order valence-corrected chi connectivity index (χ3v) is 3.80. The van der Waals surface area contributed by atoms with Gasteiger partial charge in [0.15, 0.2) is 0 Å². The molecule has 2 rings (SSSR count). The first-order valence-corrected chi connectivity index (χ1v) is 7.85. The van der Waals surface area contributed by atoms with E-state index in [0.29, 0.717) is 13.1 Å². The zero-order valence-corrected chi connectivity index (χ0v) is 14.6. The Morgan fingerprint density at radius 2 is 1.09 bits per heavy atom. The van der Waals surface area contributed by atoms with Crippen LogP contribution in [0.1, 0.15) is 64.1 Å². The third-order valence-electron chi connectivity index (χ3n) is 3.80. The molecule has 4 heteroatoms. The van der Waals surface area contributed by atoms with E-state index in [1.807, 2.05) is 0 Å². The number of H-pyrrole nitrogens is 2. The fourth-order valence-corrected chi connectivity index (χ4v) is 2.18. The lowest BCUT2D eigenvalue weighted by Gasteiger charge is -2.15. The molecule has 0 bridgehead atoms. The SMILES string of the molecule is CC(C)(C)c1c[nH]c(CN=NCc2cc(C(C)(C)C)c[nH]2)c1. The lowest BCUT2D eigenvalue weighted by atomic mass is 9.89. The van der Waals surface area contributed by atoms with Gasteiger partial charge in [-0.3, -0.25) is 0 Å². The van der Waals surface area contributed by atoms with Gasteiger partial charge < -0.3 is 9.97 Å². The van der Waals surface area contributed by atoms with Gasteiger partial charge in [0.2, 0.25) is 0 Å². The fraction of sp³-hybridized carbons (Fsp3) is 0.556. The normalized spacial score (nSPS) is 13.2. The van der Waals surface area contributed by atoms with Gasteiger partial charge in [0.05, 0.1) is 13.1 Å². The minimum atomic E-state index is 0.166. The molecule has 2 aromatic rings. The zero-order chi connectivity index (χ0) is 16.4. The van der Waals surface area contributed by atoms with Crippen LogP contribution in [0.5, 0.6) is 0 Å². The predicted molar refractivity (Wildman–Crippen MR) is 91.2 cm³/mol. The summed E-state index contributed by atoms with van der Waals surface area (Å²) in [6, 6.07) is 4.34. The molecule has 0 aliphatic heterocycles. The molecule has 2 aromatic heterocycles. The smallest absolute Gasteiger partial charge is 0.0998 e. The summed E-state index contributed by atoms with van der Waals surface area (Å²) in [6.45, 7) is 14.4. The summed E-state index contributed by atoms with van der Waals surface area (Å²) in [4.78, 5) is 6.55. The van der Waals surface area contributed by atoms with Gasteiger partial charge in [-0.2, -0.15) is 10.2 Å². The van der Waals surface area contributed by atoms with Gasteiger partial charge in [-0.25, -0.2) is 0 Å². The average Bonchev–Trinajstić information content (AvgIpc) is 3.02. The summed E-state index contributed by atoms with van der Waals surface area (Å²) in [5.41, 5.74) is 5.15. The first kappa shape index (κ1) is 16.5. The van der Waals surface area contributed by atoms with Crippen LogP contribution in [-0.4, -0.2) is 9.97 Å². The standard InChI is InChI=1S/C18H28N4/c1-17(2,3)13-7-15(19-9-13)11-21-22-12-16-8-14(10-20-16)18(4,5)6/h7-10,19-20H,11-12H2,1-6H3. The minimum Gasteiger partial charge on any atom is -0.363 e. The predicted octanol–water partition coefficient (Wildman–Crippen LogP) is 5.09. The van der Waals surface area contributed by atoms with Crippen LogP contribution in [0.4, 0.5) is 0 Å². The van der Waals surface area contributed by atoms with E-state index in [9.17, 15) is 0 Å². The quantitative estimate of drug-likeness (QED) is 0.739. The van der Waals surface area contributed by atoms with Crippen LogP contribution in [0.2, 0.25) is 0 Å². The number of hydrogen-bond acceptors (Lipinski definition) is 2. The molecule has 0 fully saturated rings. The van der Waals surface area contributed by atoms with E-state index in [2.05, 4.69) is 86.3 Å². The van der Waals surface area contributed by atoms with Crippen LogP contribution in [0.3, 0.4) is 0 Å². The molecule has 120 valence electrons. The highest BCUT2D eigenvalue weighted by atomic mass is 15.1. The first-order chi connectivity index (χ1) is 10.2. The van der Waals surface area contributed by atoms with E-state index in [4.69, 9.17) is 0 Å². The van der Waals surface area contributed by atoms with Gasteiger partial charge in [0, 0.05) is 23.8 Å².